The summed E-state index contributed by atoms with van der Waals surface area (Å²) in [7, 11) is 0. The lowest BCUT2D eigenvalue weighted by atomic mass is 9.96. The maximum absolute atomic E-state index is 12.7. The summed E-state index contributed by atoms with van der Waals surface area (Å²) in [6.07, 6.45) is -0.314. The van der Waals surface area contributed by atoms with Gasteiger partial charge in [-0.2, -0.15) is 0 Å². The molecule has 2 heterocycles. The fourth-order valence-corrected chi connectivity index (χ4v) is 3.61. The standard InChI is InChI=1S/C14H12F2N2O2S/c15-12(16)8-2-1-7-3-9(6-21-11(7)4-8)10-5-17-13(19)14(20)18-10/h1-2,4-5,9,12H,3,6H2,(H,17,19)(H,18,20). The van der Waals surface area contributed by atoms with Crippen molar-refractivity contribution >= 4 is 11.8 Å². The van der Waals surface area contributed by atoms with Crippen molar-refractivity contribution in [2.75, 3.05) is 5.75 Å². The molecule has 2 aromatic rings. The molecule has 4 nitrogen and oxygen atoms in total. The Hall–Kier alpha value is -1.89. The van der Waals surface area contributed by atoms with E-state index in [-0.39, 0.29) is 11.5 Å². The first-order valence-electron chi connectivity index (χ1n) is 6.40. The van der Waals surface area contributed by atoms with E-state index in [9.17, 15) is 18.4 Å². The Bertz CT molecular complexity index is 785. The van der Waals surface area contributed by atoms with E-state index in [1.165, 1.54) is 30.1 Å². The van der Waals surface area contributed by atoms with Gasteiger partial charge in [-0.15, -0.1) is 11.8 Å². The van der Waals surface area contributed by atoms with Gasteiger partial charge in [-0.05, 0) is 18.1 Å². The highest BCUT2D eigenvalue weighted by Crippen LogP contribution is 2.38. The second kappa shape index (κ2) is 5.48. The molecule has 21 heavy (non-hydrogen) atoms. The van der Waals surface area contributed by atoms with Crippen LogP contribution in [-0.2, 0) is 6.42 Å². The van der Waals surface area contributed by atoms with E-state index < -0.39 is 17.5 Å². The first kappa shape index (κ1) is 14.1. The Kier molecular flexibility index (Phi) is 3.67. The van der Waals surface area contributed by atoms with Crippen LogP contribution in [0.25, 0.3) is 0 Å². The number of hydrogen-bond donors (Lipinski definition) is 2. The van der Waals surface area contributed by atoms with Crippen LogP contribution in [0.5, 0.6) is 0 Å². The maximum Gasteiger partial charge on any atom is 0.313 e. The lowest BCUT2D eigenvalue weighted by Crippen LogP contribution is -2.31. The van der Waals surface area contributed by atoms with Crippen LogP contribution in [-0.4, -0.2) is 15.7 Å². The molecule has 0 fully saturated rings. The van der Waals surface area contributed by atoms with E-state index in [4.69, 9.17) is 0 Å². The quantitative estimate of drug-likeness (QED) is 0.837. The number of nitrogens with one attached hydrogen (secondary N) is 2. The van der Waals surface area contributed by atoms with Gasteiger partial charge in [-0.25, -0.2) is 8.78 Å². The number of halogens is 2. The molecule has 3 rings (SSSR count). The summed E-state index contributed by atoms with van der Waals surface area (Å²) in [5.41, 5.74) is 0.320. The molecule has 110 valence electrons. The van der Waals surface area contributed by atoms with Crippen LogP contribution >= 0.6 is 11.8 Å². The predicted molar refractivity (Wildman–Crippen MR) is 76.3 cm³/mol. The minimum Gasteiger partial charge on any atom is -0.323 e. The molecule has 1 aliphatic rings. The summed E-state index contributed by atoms with van der Waals surface area (Å²) < 4.78 is 25.4. The van der Waals surface area contributed by atoms with E-state index in [1.807, 2.05) is 0 Å². The second-order valence-electron chi connectivity index (χ2n) is 4.91. The molecule has 1 atom stereocenters. The third kappa shape index (κ3) is 2.78. The molecular formula is C14H12F2N2O2S. The van der Waals surface area contributed by atoms with Gasteiger partial charge >= 0.3 is 11.1 Å². The molecule has 1 aromatic carbocycles. The molecular weight excluding hydrogens is 298 g/mol. The van der Waals surface area contributed by atoms with Crippen molar-refractivity contribution in [2.24, 2.45) is 0 Å². The van der Waals surface area contributed by atoms with Crippen LogP contribution in [0.4, 0.5) is 8.78 Å². The zero-order valence-corrected chi connectivity index (χ0v) is 11.7. The SMILES string of the molecule is O=c1[nH]cc(C2CSc3cc(C(F)F)ccc3C2)[nH]c1=O. The van der Waals surface area contributed by atoms with E-state index in [1.54, 1.807) is 6.07 Å². The fourth-order valence-electron chi connectivity index (χ4n) is 2.38. The summed E-state index contributed by atoms with van der Waals surface area (Å²) in [6.45, 7) is 0. The Labute approximate surface area is 122 Å². The fraction of sp³-hybridized carbons (Fsp3) is 0.286. The normalized spacial score (nSPS) is 17.8. The maximum atomic E-state index is 12.7. The molecule has 0 amide bonds. The van der Waals surface area contributed by atoms with Gasteiger partial charge in [0.25, 0.3) is 6.43 Å². The number of thioether (sulfide) groups is 1. The van der Waals surface area contributed by atoms with Crippen LogP contribution in [0.2, 0.25) is 0 Å². The molecule has 1 aliphatic heterocycles. The molecule has 1 aromatic heterocycles. The van der Waals surface area contributed by atoms with Crippen LogP contribution in [0.3, 0.4) is 0 Å². The number of aromatic amines is 2. The van der Waals surface area contributed by atoms with Crippen LogP contribution in [0.15, 0.2) is 38.9 Å². The van der Waals surface area contributed by atoms with Crippen molar-refractivity contribution in [2.45, 2.75) is 23.7 Å². The van der Waals surface area contributed by atoms with Gasteiger partial charge in [0.15, 0.2) is 0 Å². The zero-order chi connectivity index (χ0) is 15.0. The molecule has 2 N–H and O–H groups in total. The molecule has 0 saturated heterocycles. The average molecular weight is 310 g/mol. The third-order valence-corrected chi connectivity index (χ3v) is 4.77. The Morgan fingerprint density at radius 2 is 2.05 bits per heavy atom. The molecule has 0 saturated carbocycles. The first-order valence-corrected chi connectivity index (χ1v) is 7.39. The Morgan fingerprint density at radius 1 is 1.24 bits per heavy atom. The molecule has 0 spiro atoms. The van der Waals surface area contributed by atoms with Gasteiger partial charge in [0.1, 0.15) is 0 Å². The van der Waals surface area contributed by atoms with Gasteiger partial charge in [-0.1, -0.05) is 12.1 Å². The van der Waals surface area contributed by atoms with Gasteiger partial charge < -0.3 is 9.97 Å². The van der Waals surface area contributed by atoms with Crippen molar-refractivity contribution in [3.8, 4) is 0 Å². The number of rotatable bonds is 2. The monoisotopic (exact) mass is 310 g/mol. The molecule has 1 unspecified atom stereocenters. The van der Waals surface area contributed by atoms with Gasteiger partial charge in [0, 0.05) is 34.0 Å². The summed E-state index contributed by atoms with van der Waals surface area (Å²) >= 11 is 1.49. The third-order valence-electron chi connectivity index (χ3n) is 3.51. The number of aromatic nitrogens is 2. The summed E-state index contributed by atoms with van der Waals surface area (Å²) in [4.78, 5) is 28.3. The average Bonchev–Trinajstić information content (AvgIpc) is 2.49. The zero-order valence-electron chi connectivity index (χ0n) is 10.9. The van der Waals surface area contributed by atoms with E-state index in [0.29, 0.717) is 17.9 Å². The van der Waals surface area contributed by atoms with E-state index >= 15 is 0 Å². The lowest BCUT2D eigenvalue weighted by Gasteiger charge is -2.24. The van der Waals surface area contributed by atoms with Gasteiger partial charge in [-0.3, -0.25) is 9.59 Å². The molecule has 0 aliphatic carbocycles. The number of benzene rings is 1. The van der Waals surface area contributed by atoms with E-state index in [0.717, 1.165) is 10.5 Å². The highest BCUT2D eigenvalue weighted by molar-refractivity contribution is 7.99. The largest absolute Gasteiger partial charge is 0.323 e. The molecule has 7 heteroatoms. The molecule has 0 bridgehead atoms. The number of hydrogen-bond acceptors (Lipinski definition) is 3. The lowest BCUT2D eigenvalue weighted by molar-refractivity contribution is 0.151. The smallest absolute Gasteiger partial charge is 0.313 e. The van der Waals surface area contributed by atoms with Crippen LogP contribution in [0.1, 0.15) is 29.2 Å². The highest BCUT2D eigenvalue weighted by Gasteiger charge is 2.23. The topological polar surface area (TPSA) is 65.7 Å². The molecule has 0 radical (unpaired) electrons. The van der Waals surface area contributed by atoms with Gasteiger partial charge in [0.05, 0.1) is 0 Å². The first-order chi connectivity index (χ1) is 10.0. The second-order valence-corrected chi connectivity index (χ2v) is 5.97. The number of H-pyrrole nitrogens is 2. The Morgan fingerprint density at radius 3 is 2.76 bits per heavy atom. The summed E-state index contributed by atoms with van der Waals surface area (Å²) in [6, 6.07) is 4.66. The van der Waals surface area contributed by atoms with Crippen molar-refractivity contribution in [3.63, 3.8) is 0 Å². The number of fused-ring (bicyclic) bond motifs is 1. The predicted octanol–water partition coefficient (Wildman–Crippen LogP) is 2.43. The van der Waals surface area contributed by atoms with Crippen molar-refractivity contribution in [3.05, 3.63) is 61.9 Å². The van der Waals surface area contributed by atoms with Crippen molar-refractivity contribution in [1.29, 1.82) is 0 Å². The highest BCUT2D eigenvalue weighted by atomic mass is 32.2. The summed E-state index contributed by atoms with van der Waals surface area (Å²) in [5, 5.41) is 0. The Balaban J connectivity index is 1.89. The van der Waals surface area contributed by atoms with Crippen molar-refractivity contribution in [1.82, 2.24) is 9.97 Å². The minimum absolute atomic E-state index is 0.0251. The minimum atomic E-state index is -2.47. The van der Waals surface area contributed by atoms with Crippen LogP contribution < -0.4 is 11.1 Å². The van der Waals surface area contributed by atoms with Crippen molar-refractivity contribution < 1.29 is 8.78 Å². The number of alkyl halides is 2. The van der Waals surface area contributed by atoms with E-state index in [2.05, 4.69) is 9.97 Å². The summed E-state index contributed by atoms with van der Waals surface area (Å²) in [5.74, 6) is 0.714. The van der Waals surface area contributed by atoms with Crippen LogP contribution in [0, 0.1) is 0 Å². The van der Waals surface area contributed by atoms with Gasteiger partial charge in [0.2, 0.25) is 0 Å².